The first-order valence-corrected chi connectivity index (χ1v) is 7.10. The van der Waals surface area contributed by atoms with Crippen molar-refractivity contribution in [1.29, 1.82) is 0 Å². The molecule has 2 amide bonds. The fourth-order valence-corrected chi connectivity index (χ4v) is 2.25. The molecule has 0 saturated heterocycles. The molecule has 0 atom stereocenters. The number of carbonyl (C=O) groups excluding carboxylic acids is 1. The summed E-state index contributed by atoms with van der Waals surface area (Å²) in [6.45, 7) is 0. The molecule has 0 aliphatic heterocycles. The van der Waals surface area contributed by atoms with Gasteiger partial charge in [0, 0.05) is 5.69 Å². The molecule has 0 aliphatic rings. The van der Waals surface area contributed by atoms with Crippen LogP contribution < -0.4 is 10.6 Å². The third-order valence-corrected chi connectivity index (χ3v) is 3.36. The summed E-state index contributed by atoms with van der Waals surface area (Å²) in [7, 11) is -4.39. The van der Waals surface area contributed by atoms with E-state index in [0.717, 1.165) is 0 Å². The lowest BCUT2D eigenvalue weighted by molar-refractivity contribution is 0.262. The van der Waals surface area contributed by atoms with Gasteiger partial charge in [-0.25, -0.2) is 4.79 Å². The van der Waals surface area contributed by atoms with Gasteiger partial charge in [-0.05, 0) is 24.3 Å². The maximum atomic E-state index is 11.8. The Labute approximate surface area is 116 Å². The zero-order chi connectivity index (χ0) is 14.6. The van der Waals surface area contributed by atoms with Gasteiger partial charge >= 0.3 is 6.03 Å². The highest BCUT2D eigenvalue weighted by atomic mass is 32.2. The van der Waals surface area contributed by atoms with E-state index in [9.17, 15) is 13.2 Å². The number of hydrogen-bond donors (Lipinski definition) is 3. The van der Waals surface area contributed by atoms with Crippen molar-refractivity contribution in [2.24, 2.45) is 0 Å². The van der Waals surface area contributed by atoms with E-state index in [0.29, 0.717) is 5.69 Å². The lowest BCUT2D eigenvalue weighted by atomic mass is 10.3. The standard InChI is InChI=1S/C13H12N2O4S/c16-13(14-10-6-2-1-3-7-10)15-11-8-4-5-9-12(11)20(17,18)19/h1-9H,(H2,14,15,16)(H,17,18,19). The first-order chi connectivity index (χ1) is 9.47. The monoisotopic (exact) mass is 292 g/mol. The summed E-state index contributed by atoms with van der Waals surface area (Å²) in [5, 5.41) is 4.92. The van der Waals surface area contributed by atoms with Crippen LogP contribution in [0.25, 0.3) is 0 Å². The zero-order valence-corrected chi connectivity index (χ0v) is 11.1. The molecule has 3 N–H and O–H groups in total. The molecule has 0 fully saturated rings. The van der Waals surface area contributed by atoms with Gasteiger partial charge < -0.3 is 10.6 Å². The lowest BCUT2D eigenvalue weighted by Crippen LogP contribution is -2.20. The summed E-state index contributed by atoms with van der Waals surface area (Å²) in [5.74, 6) is 0. The van der Waals surface area contributed by atoms with Crippen molar-refractivity contribution >= 4 is 27.5 Å². The molecule has 20 heavy (non-hydrogen) atoms. The maximum absolute atomic E-state index is 11.8. The second-order valence-electron chi connectivity index (χ2n) is 3.92. The predicted molar refractivity (Wildman–Crippen MR) is 75.3 cm³/mol. The highest BCUT2D eigenvalue weighted by Crippen LogP contribution is 2.20. The van der Waals surface area contributed by atoms with Crippen LogP contribution in [0.3, 0.4) is 0 Å². The van der Waals surface area contributed by atoms with Crippen molar-refractivity contribution in [3.8, 4) is 0 Å². The van der Waals surface area contributed by atoms with Crippen molar-refractivity contribution in [2.45, 2.75) is 4.90 Å². The minimum absolute atomic E-state index is 0.00318. The van der Waals surface area contributed by atoms with Gasteiger partial charge in [-0.3, -0.25) is 4.55 Å². The minimum Gasteiger partial charge on any atom is -0.308 e. The van der Waals surface area contributed by atoms with Crippen molar-refractivity contribution in [1.82, 2.24) is 0 Å². The summed E-state index contributed by atoms with van der Waals surface area (Å²) >= 11 is 0. The SMILES string of the molecule is O=C(Nc1ccccc1)Nc1ccccc1S(=O)(=O)O. The van der Waals surface area contributed by atoms with Crippen molar-refractivity contribution in [3.05, 3.63) is 54.6 Å². The number of nitrogens with one attached hydrogen (secondary N) is 2. The van der Waals surface area contributed by atoms with Crippen LogP contribution in [0.4, 0.5) is 16.2 Å². The van der Waals surface area contributed by atoms with E-state index in [-0.39, 0.29) is 10.6 Å². The molecule has 0 saturated carbocycles. The Morgan fingerprint density at radius 2 is 1.50 bits per heavy atom. The van der Waals surface area contributed by atoms with E-state index in [4.69, 9.17) is 4.55 Å². The number of para-hydroxylation sites is 2. The Balaban J connectivity index is 2.17. The quantitative estimate of drug-likeness (QED) is 0.758. The molecule has 0 heterocycles. The lowest BCUT2D eigenvalue weighted by Gasteiger charge is -2.10. The van der Waals surface area contributed by atoms with E-state index in [1.165, 1.54) is 18.2 Å². The highest BCUT2D eigenvalue weighted by Gasteiger charge is 2.16. The summed E-state index contributed by atoms with van der Waals surface area (Å²) in [4.78, 5) is 11.4. The van der Waals surface area contributed by atoms with Crippen molar-refractivity contribution in [3.63, 3.8) is 0 Å². The van der Waals surface area contributed by atoms with Crippen LogP contribution in [0.1, 0.15) is 0 Å². The topological polar surface area (TPSA) is 95.5 Å². The molecule has 0 unspecified atom stereocenters. The molecule has 7 heteroatoms. The fraction of sp³-hybridized carbons (Fsp3) is 0. The van der Waals surface area contributed by atoms with Gasteiger partial charge in [-0.2, -0.15) is 8.42 Å². The molecule has 0 radical (unpaired) electrons. The molecule has 0 spiro atoms. The van der Waals surface area contributed by atoms with Gasteiger partial charge in [0.05, 0.1) is 5.69 Å². The average Bonchev–Trinajstić information content (AvgIpc) is 2.39. The summed E-state index contributed by atoms with van der Waals surface area (Å²) in [6.07, 6.45) is 0. The molecular weight excluding hydrogens is 280 g/mol. The number of urea groups is 1. The van der Waals surface area contributed by atoms with Gasteiger partial charge in [0.2, 0.25) is 0 Å². The van der Waals surface area contributed by atoms with Crippen LogP contribution in [0.15, 0.2) is 59.5 Å². The summed E-state index contributed by atoms with van der Waals surface area (Å²) < 4.78 is 31.4. The molecule has 0 aliphatic carbocycles. The van der Waals surface area contributed by atoms with Crippen molar-refractivity contribution < 1.29 is 17.8 Å². The number of anilines is 2. The Morgan fingerprint density at radius 3 is 2.15 bits per heavy atom. The van der Waals surface area contributed by atoms with E-state index < -0.39 is 16.1 Å². The molecule has 2 aromatic carbocycles. The molecule has 2 aromatic rings. The maximum Gasteiger partial charge on any atom is 0.323 e. The molecular formula is C13H12N2O4S. The fourth-order valence-electron chi connectivity index (χ4n) is 1.60. The smallest absolute Gasteiger partial charge is 0.308 e. The van der Waals surface area contributed by atoms with Crippen LogP contribution in [0, 0.1) is 0 Å². The zero-order valence-electron chi connectivity index (χ0n) is 10.3. The van der Waals surface area contributed by atoms with E-state index in [1.807, 2.05) is 0 Å². The molecule has 2 rings (SSSR count). The normalized spacial score (nSPS) is 10.8. The average molecular weight is 292 g/mol. The minimum atomic E-state index is -4.39. The third-order valence-electron chi connectivity index (χ3n) is 2.44. The Kier molecular flexibility index (Phi) is 4.02. The van der Waals surface area contributed by atoms with E-state index in [1.54, 1.807) is 36.4 Å². The Morgan fingerprint density at radius 1 is 0.900 bits per heavy atom. The Hall–Kier alpha value is -2.38. The summed E-state index contributed by atoms with van der Waals surface area (Å²) in [5.41, 5.74) is 0.567. The summed E-state index contributed by atoms with van der Waals surface area (Å²) in [6, 6.07) is 13.7. The van der Waals surface area contributed by atoms with Crippen LogP contribution in [0.5, 0.6) is 0 Å². The number of carbonyl (C=O) groups is 1. The molecule has 0 aromatic heterocycles. The first-order valence-electron chi connectivity index (χ1n) is 5.66. The Bertz CT molecular complexity index is 714. The van der Waals surface area contributed by atoms with Crippen molar-refractivity contribution in [2.75, 3.05) is 10.6 Å². The number of rotatable bonds is 3. The molecule has 6 nitrogen and oxygen atoms in total. The van der Waals surface area contributed by atoms with Gasteiger partial charge in [0.25, 0.3) is 10.1 Å². The van der Waals surface area contributed by atoms with Crippen LogP contribution >= 0.6 is 0 Å². The second kappa shape index (κ2) is 5.72. The number of hydrogen-bond acceptors (Lipinski definition) is 3. The van der Waals surface area contributed by atoms with Gasteiger partial charge in [-0.15, -0.1) is 0 Å². The first kappa shape index (κ1) is 14.0. The van der Waals surface area contributed by atoms with Crippen LogP contribution in [0.2, 0.25) is 0 Å². The predicted octanol–water partition coefficient (Wildman–Crippen LogP) is 2.58. The van der Waals surface area contributed by atoms with Gasteiger partial charge in [0.15, 0.2) is 0 Å². The van der Waals surface area contributed by atoms with E-state index in [2.05, 4.69) is 10.6 Å². The molecule has 0 bridgehead atoms. The largest absolute Gasteiger partial charge is 0.323 e. The van der Waals surface area contributed by atoms with Gasteiger partial charge in [-0.1, -0.05) is 30.3 Å². The number of amides is 2. The molecule has 104 valence electrons. The highest BCUT2D eigenvalue weighted by molar-refractivity contribution is 7.86. The third kappa shape index (κ3) is 3.56. The van der Waals surface area contributed by atoms with Crippen LogP contribution in [-0.2, 0) is 10.1 Å². The van der Waals surface area contributed by atoms with Crippen LogP contribution in [-0.4, -0.2) is 19.0 Å². The van der Waals surface area contributed by atoms with E-state index >= 15 is 0 Å². The van der Waals surface area contributed by atoms with Gasteiger partial charge in [0.1, 0.15) is 4.90 Å². The number of benzene rings is 2. The second-order valence-corrected chi connectivity index (χ2v) is 5.31.